The van der Waals surface area contributed by atoms with E-state index in [1.165, 1.54) is 18.3 Å². The molecule has 3 N–H and O–H groups in total. The van der Waals surface area contributed by atoms with E-state index in [0.717, 1.165) is 11.1 Å². The molecule has 3 aromatic carbocycles. The molecule has 0 bridgehead atoms. The maximum atomic E-state index is 13.0. The number of hydrazine groups is 1. The van der Waals surface area contributed by atoms with Gasteiger partial charge in [-0.1, -0.05) is 48.5 Å². The molecule has 1 saturated heterocycles. The summed E-state index contributed by atoms with van der Waals surface area (Å²) in [6.45, 7) is 0.445. The Bertz CT molecular complexity index is 1110. The third kappa shape index (κ3) is 5.94. The van der Waals surface area contributed by atoms with Gasteiger partial charge in [-0.2, -0.15) is 5.10 Å². The highest BCUT2D eigenvalue weighted by Gasteiger charge is 2.30. The third-order valence-corrected chi connectivity index (χ3v) is 5.31. The molecule has 1 aliphatic rings. The normalized spacial score (nSPS) is 17.8. The summed E-state index contributed by atoms with van der Waals surface area (Å²) in [6, 6.07) is 20.9. The molecule has 0 spiro atoms. The van der Waals surface area contributed by atoms with Crippen molar-refractivity contribution in [3.05, 3.63) is 95.3 Å². The first-order chi connectivity index (χ1) is 16.1. The topological polar surface area (TPSA) is 84.0 Å². The van der Waals surface area contributed by atoms with Crippen molar-refractivity contribution in [2.45, 2.75) is 25.1 Å². The Hall–Kier alpha value is -3.75. The van der Waals surface area contributed by atoms with Crippen LogP contribution in [0.2, 0.25) is 0 Å². The quantitative estimate of drug-likeness (QED) is 0.363. The lowest BCUT2D eigenvalue weighted by molar-refractivity contribution is -0.122. The summed E-state index contributed by atoms with van der Waals surface area (Å²) in [5.41, 5.74) is 11.4. The van der Waals surface area contributed by atoms with Gasteiger partial charge in [-0.25, -0.2) is 20.7 Å². The van der Waals surface area contributed by atoms with Gasteiger partial charge in [-0.15, -0.1) is 0 Å². The Balaban J connectivity index is 1.33. The number of methoxy groups -OCH3 is 1. The van der Waals surface area contributed by atoms with Crippen LogP contribution in [0, 0.1) is 5.82 Å². The number of hydrogen-bond donors (Lipinski definition) is 3. The van der Waals surface area contributed by atoms with E-state index in [1.807, 2.05) is 48.5 Å². The molecule has 2 unspecified atom stereocenters. The fraction of sp³-hybridized carbons (Fsp3) is 0.200. The van der Waals surface area contributed by atoms with Crippen molar-refractivity contribution >= 4 is 12.1 Å². The zero-order valence-corrected chi connectivity index (χ0v) is 18.1. The number of benzene rings is 3. The highest BCUT2D eigenvalue weighted by atomic mass is 19.1. The van der Waals surface area contributed by atoms with Crippen LogP contribution >= 0.6 is 0 Å². The average molecular weight is 448 g/mol. The minimum Gasteiger partial charge on any atom is -0.493 e. The van der Waals surface area contributed by atoms with E-state index in [-0.39, 0.29) is 17.8 Å². The third-order valence-electron chi connectivity index (χ3n) is 5.31. The van der Waals surface area contributed by atoms with E-state index < -0.39 is 6.04 Å². The van der Waals surface area contributed by atoms with Gasteiger partial charge >= 0.3 is 0 Å². The monoisotopic (exact) mass is 448 g/mol. The molecule has 0 saturated carbocycles. The molecule has 1 heterocycles. The number of hydrogen-bond acceptors (Lipinski definition) is 6. The summed E-state index contributed by atoms with van der Waals surface area (Å²) in [6.07, 6.45) is 2.00. The van der Waals surface area contributed by atoms with Crippen LogP contribution in [0.5, 0.6) is 11.5 Å². The van der Waals surface area contributed by atoms with Gasteiger partial charge in [-0.3, -0.25) is 4.79 Å². The summed E-state index contributed by atoms with van der Waals surface area (Å²) >= 11 is 0. The molecule has 1 amide bonds. The predicted octanol–water partition coefficient (Wildman–Crippen LogP) is 3.47. The van der Waals surface area contributed by atoms with Crippen molar-refractivity contribution in [3.8, 4) is 11.5 Å². The Kier molecular flexibility index (Phi) is 7.29. The Morgan fingerprint density at radius 1 is 1.09 bits per heavy atom. The average Bonchev–Trinajstić information content (AvgIpc) is 3.35. The van der Waals surface area contributed by atoms with Crippen molar-refractivity contribution in [1.82, 2.24) is 16.3 Å². The van der Waals surface area contributed by atoms with E-state index in [1.54, 1.807) is 19.2 Å². The van der Waals surface area contributed by atoms with Crippen LogP contribution in [0.4, 0.5) is 4.39 Å². The van der Waals surface area contributed by atoms with Gasteiger partial charge in [0.15, 0.2) is 11.5 Å². The maximum Gasteiger partial charge on any atom is 0.258 e. The van der Waals surface area contributed by atoms with Crippen LogP contribution < -0.4 is 25.8 Å². The second kappa shape index (κ2) is 10.7. The number of amides is 1. The van der Waals surface area contributed by atoms with E-state index in [4.69, 9.17) is 9.47 Å². The summed E-state index contributed by atoms with van der Waals surface area (Å²) in [4.78, 5) is 12.4. The van der Waals surface area contributed by atoms with Crippen molar-refractivity contribution in [2.24, 2.45) is 5.10 Å². The Morgan fingerprint density at radius 2 is 1.88 bits per heavy atom. The number of halogens is 1. The zero-order chi connectivity index (χ0) is 23.0. The largest absolute Gasteiger partial charge is 0.493 e. The lowest BCUT2D eigenvalue weighted by Gasteiger charge is -2.15. The number of ether oxygens (including phenoxy) is 2. The van der Waals surface area contributed by atoms with Gasteiger partial charge in [0.05, 0.1) is 13.3 Å². The molecule has 2 atom stereocenters. The minimum absolute atomic E-state index is 0.0844. The molecule has 33 heavy (non-hydrogen) atoms. The number of carbonyl (C=O) groups is 1. The molecule has 1 fully saturated rings. The van der Waals surface area contributed by atoms with Crippen LogP contribution in [0.1, 0.15) is 29.2 Å². The van der Waals surface area contributed by atoms with Gasteiger partial charge < -0.3 is 9.47 Å². The SMILES string of the molecule is COc1cc(C2CC(C(=O)N/N=C/c3ccc(F)cc3)NN2)ccc1OCc1ccccc1. The number of hydrazone groups is 1. The van der Waals surface area contributed by atoms with Gasteiger partial charge in [0.1, 0.15) is 18.5 Å². The standard InChI is InChI=1S/C25H25FN4O3/c1-32-24-13-19(9-12-23(24)33-16-18-5-3-2-4-6-18)21-14-22(29-28-21)25(31)30-27-15-17-7-10-20(26)11-8-17/h2-13,15,21-22,28-29H,14,16H2,1H3,(H,30,31)/b27-15+. The molecule has 4 rings (SSSR count). The molecule has 170 valence electrons. The van der Waals surface area contributed by atoms with E-state index in [0.29, 0.717) is 30.1 Å². The minimum atomic E-state index is -0.458. The predicted molar refractivity (Wildman–Crippen MR) is 123 cm³/mol. The molecule has 7 nitrogen and oxygen atoms in total. The first-order valence-electron chi connectivity index (χ1n) is 10.6. The smallest absolute Gasteiger partial charge is 0.258 e. The van der Waals surface area contributed by atoms with Crippen molar-refractivity contribution in [1.29, 1.82) is 0 Å². The van der Waals surface area contributed by atoms with Crippen LogP contribution in [0.15, 0.2) is 77.9 Å². The molecule has 0 aliphatic carbocycles. The molecule has 3 aromatic rings. The summed E-state index contributed by atoms with van der Waals surface area (Å²) in [7, 11) is 1.60. The fourth-order valence-corrected chi connectivity index (χ4v) is 3.50. The van der Waals surface area contributed by atoms with Gasteiger partial charge in [0.25, 0.3) is 5.91 Å². The van der Waals surface area contributed by atoms with Crippen LogP contribution in [-0.4, -0.2) is 25.3 Å². The number of nitrogens with one attached hydrogen (secondary N) is 3. The molecule has 0 radical (unpaired) electrons. The van der Waals surface area contributed by atoms with Crippen LogP contribution in [0.25, 0.3) is 0 Å². The molecular formula is C25H25FN4O3. The lowest BCUT2D eigenvalue weighted by Crippen LogP contribution is -2.41. The first kappa shape index (κ1) is 22.4. The van der Waals surface area contributed by atoms with Gasteiger partial charge in [-0.05, 0) is 47.4 Å². The highest BCUT2D eigenvalue weighted by Crippen LogP contribution is 2.33. The van der Waals surface area contributed by atoms with Crippen molar-refractivity contribution in [3.63, 3.8) is 0 Å². The fourth-order valence-electron chi connectivity index (χ4n) is 3.50. The summed E-state index contributed by atoms with van der Waals surface area (Å²) in [5, 5.41) is 3.95. The van der Waals surface area contributed by atoms with Gasteiger partial charge in [0, 0.05) is 6.04 Å². The van der Waals surface area contributed by atoms with E-state index >= 15 is 0 Å². The van der Waals surface area contributed by atoms with E-state index in [2.05, 4.69) is 21.4 Å². The molecule has 1 aliphatic heterocycles. The Labute approximate surface area is 191 Å². The highest BCUT2D eigenvalue weighted by molar-refractivity contribution is 5.85. The zero-order valence-electron chi connectivity index (χ0n) is 18.1. The molecular weight excluding hydrogens is 423 g/mol. The van der Waals surface area contributed by atoms with Crippen molar-refractivity contribution in [2.75, 3.05) is 7.11 Å². The number of rotatable bonds is 8. The van der Waals surface area contributed by atoms with Crippen molar-refractivity contribution < 1.29 is 18.7 Å². The second-order valence-electron chi connectivity index (χ2n) is 7.60. The van der Waals surface area contributed by atoms with Crippen LogP contribution in [0.3, 0.4) is 0 Å². The lowest BCUT2D eigenvalue weighted by atomic mass is 10.0. The number of nitrogens with zero attached hydrogens (tertiary/aromatic N) is 1. The summed E-state index contributed by atoms with van der Waals surface area (Å²) in [5.74, 6) is 0.691. The molecule has 0 aromatic heterocycles. The first-order valence-corrected chi connectivity index (χ1v) is 10.6. The number of carbonyl (C=O) groups excluding carboxylic acids is 1. The molecule has 8 heteroatoms. The summed E-state index contributed by atoms with van der Waals surface area (Å²) < 4.78 is 24.4. The van der Waals surface area contributed by atoms with E-state index in [9.17, 15) is 9.18 Å². The Morgan fingerprint density at radius 3 is 2.64 bits per heavy atom. The maximum absolute atomic E-state index is 13.0. The van der Waals surface area contributed by atoms with Crippen LogP contribution in [-0.2, 0) is 11.4 Å². The second-order valence-corrected chi connectivity index (χ2v) is 7.60. The van der Waals surface area contributed by atoms with Gasteiger partial charge in [0.2, 0.25) is 0 Å².